The fourth-order valence-electron chi connectivity index (χ4n) is 1.69. The van der Waals surface area contributed by atoms with Gasteiger partial charge in [0.2, 0.25) is 0 Å². The largest absolute Gasteiger partial charge is 0.477 e. The first-order chi connectivity index (χ1) is 8.61. The number of nitrogens with one attached hydrogen (secondary N) is 1. The van der Waals surface area contributed by atoms with Crippen molar-refractivity contribution in [1.82, 2.24) is 4.98 Å². The summed E-state index contributed by atoms with van der Waals surface area (Å²) in [7, 11) is 0. The van der Waals surface area contributed by atoms with Crippen LogP contribution >= 0.6 is 0 Å². The Morgan fingerprint density at radius 3 is 2.89 bits per heavy atom. The lowest BCUT2D eigenvalue weighted by Gasteiger charge is -2.13. The maximum Gasteiger partial charge on any atom is 0.354 e. The van der Waals surface area contributed by atoms with Gasteiger partial charge in [-0.3, -0.25) is 0 Å². The second-order valence-electron chi connectivity index (χ2n) is 4.05. The molecular weight excluding hydrogens is 228 g/mol. The van der Waals surface area contributed by atoms with Crippen LogP contribution in [0.2, 0.25) is 0 Å². The lowest BCUT2D eigenvalue weighted by atomic mass is 10.1. The molecule has 92 valence electrons. The third-order valence-corrected chi connectivity index (χ3v) is 2.68. The third-order valence-electron chi connectivity index (χ3n) is 2.68. The van der Waals surface area contributed by atoms with E-state index < -0.39 is 5.97 Å². The number of pyridine rings is 1. The van der Waals surface area contributed by atoms with Crippen LogP contribution < -0.4 is 5.32 Å². The number of hydrogen-bond acceptors (Lipinski definition) is 3. The summed E-state index contributed by atoms with van der Waals surface area (Å²) in [5, 5.41) is 13.9. The normalized spacial score (nSPS) is 12.1. The lowest BCUT2D eigenvalue weighted by Crippen LogP contribution is -2.14. The Balaban J connectivity index is 2.60. The highest BCUT2D eigenvalue weighted by atomic mass is 16.4. The van der Waals surface area contributed by atoms with Crippen molar-refractivity contribution >= 4 is 22.6 Å². The molecule has 0 spiro atoms. The summed E-state index contributed by atoms with van der Waals surface area (Å²) in [6, 6.07) is 9.13. The van der Waals surface area contributed by atoms with Crippen molar-refractivity contribution in [3.63, 3.8) is 0 Å². The smallest absolute Gasteiger partial charge is 0.354 e. The molecule has 2 N–H and O–H groups in total. The fourth-order valence-corrected chi connectivity index (χ4v) is 1.69. The number of nitrogens with zero attached hydrogens (tertiary/aromatic N) is 1. The Bertz CT molecular complexity index is 608. The molecule has 1 unspecified atom stereocenters. The summed E-state index contributed by atoms with van der Waals surface area (Å²) in [5.41, 5.74) is 0.0347. The molecule has 1 aromatic heterocycles. The van der Waals surface area contributed by atoms with Gasteiger partial charge in [-0.15, -0.1) is 6.58 Å². The molecule has 0 radical (unpaired) electrons. The van der Waals surface area contributed by atoms with E-state index in [1.54, 1.807) is 12.1 Å². The highest BCUT2D eigenvalue weighted by Crippen LogP contribution is 2.23. The van der Waals surface area contributed by atoms with E-state index in [9.17, 15) is 4.79 Å². The molecule has 1 aromatic carbocycles. The molecule has 0 bridgehead atoms. The number of benzene rings is 1. The monoisotopic (exact) mass is 242 g/mol. The fraction of sp³-hybridized carbons (Fsp3) is 0.143. The van der Waals surface area contributed by atoms with Gasteiger partial charge in [0.15, 0.2) is 5.69 Å². The zero-order valence-electron chi connectivity index (χ0n) is 10.1. The molecule has 0 saturated heterocycles. The van der Waals surface area contributed by atoms with E-state index in [0.29, 0.717) is 5.82 Å². The predicted molar refractivity (Wildman–Crippen MR) is 72.0 cm³/mol. The van der Waals surface area contributed by atoms with Gasteiger partial charge in [-0.1, -0.05) is 30.3 Å². The summed E-state index contributed by atoms with van der Waals surface area (Å²) in [5.74, 6) is -0.465. The Labute approximate surface area is 105 Å². The van der Waals surface area contributed by atoms with Crippen molar-refractivity contribution in [2.75, 3.05) is 5.32 Å². The minimum absolute atomic E-state index is 0.0185. The molecule has 0 aliphatic carbocycles. The SMILES string of the molecule is C=CC(C)Nc1nc(C(=O)O)cc2ccccc12. The van der Waals surface area contributed by atoms with Crippen LogP contribution in [0.1, 0.15) is 17.4 Å². The van der Waals surface area contributed by atoms with E-state index in [1.165, 1.54) is 0 Å². The van der Waals surface area contributed by atoms with Gasteiger partial charge >= 0.3 is 5.97 Å². The molecular formula is C14H14N2O2. The number of carboxylic acids is 1. The molecule has 0 aliphatic heterocycles. The number of aromatic nitrogens is 1. The molecule has 1 heterocycles. The minimum Gasteiger partial charge on any atom is -0.477 e. The predicted octanol–water partition coefficient (Wildman–Crippen LogP) is 2.92. The highest BCUT2D eigenvalue weighted by Gasteiger charge is 2.11. The first kappa shape index (κ1) is 12.1. The number of rotatable bonds is 4. The minimum atomic E-state index is -1.03. The van der Waals surface area contributed by atoms with Crippen molar-refractivity contribution in [2.45, 2.75) is 13.0 Å². The van der Waals surface area contributed by atoms with E-state index in [2.05, 4.69) is 16.9 Å². The second-order valence-corrected chi connectivity index (χ2v) is 4.05. The number of aromatic carboxylic acids is 1. The van der Waals surface area contributed by atoms with Gasteiger partial charge in [0.25, 0.3) is 0 Å². The van der Waals surface area contributed by atoms with Crippen molar-refractivity contribution in [1.29, 1.82) is 0 Å². The van der Waals surface area contributed by atoms with Crippen LogP contribution in [0.25, 0.3) is 10.8 Å². The van der Waals surface area contributed by atoms with Gasteiger partial charge in [0.1, 0.15) is 5.82 Å². The maximum atomic E-state index is 11.0. The summed E-state index contributed by atoms with van der Waals surface area (Å²) in [6.45, 7) is 5.62. The van der Waals surface area contributed by atoms with Gasteiger partial charge in [0, 0.05) is 11.4 Å². The van der Waals surface area contributed by atoms with Gasteiger partial charge in [-0.2, -0.15) is 0 Å². The molecule has 0 amide bonds. The topological polar surface area (TPSA) is 62.2 Å². The zero-order chi connectivity index (χ0) is 13.1. The number of carboxylic acid groups (broad SMARTS) is 1. The summed E-state index contributed by atoms with van der Waals surface area (Å²) in [4.78, 5) is 15.2. The summed E-state index contributed by atoms with van der Waals surface area (Å²) >= 11 is 0. The molecule has 0 saturated carbocycles. The van der Waals surface area contributed by atoms with Crippen LogP contribution in [0.5, 0.6) is 0 Å². The van der Waals surface area contributed by atoms with Crippen molar-refractivity contribution in [3.8, 4) is 0 Å². The molecule has 18 heavy (non-hydrogen) atoms. The average molecular weight is 242 g/mol. The van der Waals surface area contributed by atoms with E-state index in [0.717, 1.165) is 10.8 Å². The number of carbonyl (C=O) groups is 1. The van der Waals surface area contributed by atoms with Crippen molar-refractivity contribution in [3.05, 3.63) is 48.7 Å². The average Bonchev–Trinajstić information content (AvgIpc) is 2.38. The third kappa shape index (κ3) is 2.32. The Kier molecular flexibility index (Phi) is 3.28. The van der Waals surface area contributed by atoms with Crippen LogP contribution in [0.15, 0.2) is 43.0 Å². The highest BCUT2D eigenvalue weighted by molar-refractivity contribution is 5.97. The molecule has 4 heteroatoms. The van der Waals surface area contributed by atoms with E-state index in [4.69, 9.17) is 5.11 Å². The van der Waals surface area contributed by atoms with Gasteiger partial charge in [0.05, 0.1) is 0 Å². The molecule has 2 aromatic rings. The van der Waals surface area contributed by atoms with Crippen molar-refractivity contribution < 1.29 is 9.90 Å². The van der Waals surface area contributed by atoms with E-state index in [1.807, 2.05) is 31.2 Å². The molecule has 2 rings (SSSR count). The Morgan fingerprint density at radius 2 is 2.22 bits per heavy atom. The van der Waals surface area contributed by atoms with E-state index in [-0.39, 0.29) is 11.7 Å². The lowest BCUT2D eigenvalue weighted by molar-refractivity contribution is 0.0691. The summed E-state index contributed by atoms with van der Waals surface area (Å²) in [6.07, 6.45) is 1.74. The first-order valence-electron chi connectivity index (χ1n) is 5.64. The van der Waals surface area contributed by atoms with E-state index >= 15 is 0 Å². The van der Waals surface area contributed by atoms with Gasteiger partial charge < -0.3 is 10.4 Å². The molecule has 4 nitrogen and oxygen atoms in total. The van der Waals surface area contributed by atoms with Crippen LogP contribution in [0, 0.1) is 0 Å². The first-order valence-corrected chi connectivity index (χ1v) is 5.64. The van der Waals surface area contributed by atoms with Crippen molar-refractivity contribution in [2.24, 2.45) is 0 Å². The Hall–Kier alpha value is -2.36. The van der Waals surface area contributed by atoms with Crippen LogP contribution in [-0.2, 0) is 0 Å². The molecule has 1 atom stereocenters. The van der Waals surface area contributed by atoms with Crippen LogP contribution in [-0.4, -0.2) is 22.1 Å². The van der Waals surface area contributed by atoms with Crippen LogP contribution in [0.3, 0.4) is 0 Å². The summed E-state index contributed by atoms with van der Waals surface area (Å²) < 4.78 is 0. The number of fused-ring (bicyclic) bond motifs is 1. The molecule has 0 aliphatic rings. The molecule has 0 fully saturated rings. The van der Waals surface area contributed by atoms with Crippen LogP contribution in [0.4, 0.5) is 5.82 Å². The number of hydrogen-bond donors (Lipinski definition) is 2. The quantitative estimate of drug-likeness (QED) is 0.809. The van der Waals surface area contributed by atoms with Gasteiger partial charge in [-0.05, 0) is 18.4 Å². The second kappa shape index (κ2) is 4.87. The maximum absolute atomic E-state index is 11.0. The van der Waals surface area contributed by atoms with Gasteiger partial charge in [-0.25, -0.2) is 9.78 Å². The number of anilines is 1. The Morgan fingerprint density at radius 1 is 1.50 bits per heavy atom. The standard InChI is InChI=1S/C14H14N2O2/c1-3-9(2)15-13-11-7-5-4-6-10(11)8-12(16-13)14(17)18/h3-9H,1H2,2H3,(H,15,16)(H,17,18). The zero-order valence-corrected chi connectivity index (χ0v) is 10.1.